The first-order chi connectivity index (χ1) is 14.5. The number of hydrogen-bond donors (Lipinski definition) is 3. The molecule has 0 heterocycles. The molecule has 3 N–H and O–H groups in total. The third kappa shape index (κ3) is 5.36. The van der Waals surface area contributed by atoms with Gasteiger partial charge in [-0.05, 0) is 28.8 Å². The highest BCUT2D eigenvalue weighted by atomic mass is 31.2. The summed E-state index contributed by atoms with van der Waals surface area (Å²) < 4.78 is 22.9. The lowest BCUT2D eigenvalue weighted by atomic mass is 9.80. The Labute approximate surface area is 176 Å². The minimum Gasteiger partial charge on any atom is -0.497 e. The summed E-state index contributed by atoms with van der Waals surface area (Å²) in [5, 5.41) is 2.76. The number of methoxy groups -OCH3 is 1. The first-order valence-corrected chi connectivity index (χ1v) is 11.4. The molecular formula is C23H26NO5P. The Bertz CT molecular complexity index is 918. The molecule has 0 aliphatic carbocycles. The summed E-state index contributed by atoms with van der Waals surface area (Å²) in [7, 11) is -2.49. The van der Waals surface area contributed by atoms with Gasteiger partial charge < -0.3 is 24.6 Å². The molecule has 3 aromatic carbocycles. The minimum absolute atomic E-state index is 0.246. The Balaban J connectivity index is 2.01. The lowest BCUT2D eigenvalue weighted by molar-refractivity contribution is 0.0152. The van der Waals surface area contributed by atoms with Crippen molar-refractivity contribution in [2.24, 2.45) is 0 Å². The molecule has 0 bridgehead atoms. The fraction of sp³-hybridized carbons (Fsp3) is 0.217. The third-order valence-electron chi connectivity index (χ3n) is 4.77. The Morgan fingerprint density at radius 2 is 1.33 bits per heavy atom. The highest BCUT2D eigenvalue weighted by molar-refractivity contribution is 7.51. The number of ether oxygens (including phenoxy) is 2. The molecule has 0 radical (unpaired) electrons. The number of rotatable bonds is 10. The molecule has 7 heteroatoms. The van der Waals surface area contributed by atoms with Gasteiger partial charge >= 0.3 is 7.60 Å². The van der Waals surface area contributed by atoms with Crippen LogP contribution in [0.3, 0.4) is 0 Å². The van der Waals surface area contributed by atoms with Gasteiger partial charge in [0.25, 0.3) is 0 Å². The van der Waals surface area contributed by atoms with Gasteiger partial charge in [0.1, 0.15) is 11.4 Å². The second-order valence-electron chi connectivity index (χ2n) is 6.81. The van der Waals surface area contributed by atoms with E-state index >= 15 is 0 Å². The van der Waals surface area contributed by atoms with Crippen LogP contribution in [0.4, 0.5) is 0 Å². The summed E-state index contributed by atoms with van der Waals surface area (Å²) >= 11 is 0. The number of benzene rings is 3. The average Bonchev–Trinajstić information content (AvgIpc) is 2.77. The van der Waals surface area contributed by atoms with Crippen LogP contribution in [0.5, 0.6) is 5.75 Å². The molecule has 158 valence electrons. The fourth-order valence-electron chi connectivity index (χ4n) is 3.42. The van der Waals surface area contributed by atoms with Crippen LogP contribution in [-0.4, -0.2) is 36.3 Å². The van der Waals surface area contributed by atoms with Crippen molar-refractivity contribution in [3.8, 4) is 5.75 Å². The third-order valence-corrected chi connectivity index (χ3v) is 5.41. The maximum absolute atomic E-state index is 11.1. The Hall–Kier alpha value is -2.47. The van der Waals surface area contributed by atoms with Crippen molar-refractivity contribution in [2.45, 2.75) is 5.60 Å². The van der Waals surface area contributed by atoms with Gasteiger partial charge in [0.15, 0.2) is 0 Å². The summed E-state index contributed by atoms with van der Waals surface area (Å²) in [5.74, 6) is 0.747. The summed E-state index contributed by atoms with van der Waals surface area (Å²) in [6.45, 7) is 0.540. The van der Waals surface area contributed by atoms with Crippen LogP contribution in [0, 0.1) is 0 Å². The molecule has 0 saturated heterocycles. The molecule has 0 aliphatic rings. The van der Waals surface area contributed by atoms with Gasteiger partial charge in [-0.1, -0.05) is 72.8 Å². The molecule has 0 unspecified atom stereocenters. The highest BCUT2D eigenvalue weighted by Crippen LogP contribution is 2.41. The molecule has 0 spiro atoms. The Kier molecular flexibility index (Phi) is 7.43. The molecule has 0 aromatic heterocycles. The predicted molar refractivity (Wildman–Crippen MR) is 117 cm³/mol. The molecule has 0 aliphatic heterocycles. The molecular weight excluding hydrogens is 401 g/mol. The summed E-state index contributed by atoms with van der Waals surface area (Å²) in [5.41, 5.74) is 1.95. The lowest BCUT2D eigenvalue weighted by Gasteiger charge is -2.36. The second-order valence-corrected chi connectivity index (χ2v) is 8.46. The summed E-state index contributed by atoms with van der Waals surface area (Å²) in [6, 6.07) is 27.6. The van der Waals surface area contributed by atoms with Crippen LogP contribution in [0.25, 0.3) is 0 Å². The number of hydrogen-bond acceptors (Lipinski definition) is 4. The van der Waals surface area contributed by atoms with Crippen molar-refractivity contribution in [1.82, 2.24) is 5.32 Å². The standard InChI is InChI=1S/C23H26NO5P/c1-28-22-14-12-21(13-15-22)23(19-8-4-2-5-9-19,20-10-6-3-7-11-20)29-17-16-24-18-30(25,26)27/h2-15,24H,16-18H2,1H3,(H2,25,26,27). The smallest absolute Gasteiger partial charge is 0.339 e. The Morgan fingerprint density at radius 1 is 0.833 bits per heavy atom. The van der Waals surface area contributed by atoms with Crippen molar-refractivity contribution in [1.29, 1.82) is 0 Å². The number of nitrogens with one attached hydrogen (secondary N) is 1. The molecule has 3 rings (SSSR count). The van der Waals surface area contributed by atoms with E-state index in [9.17, 15) is 4.57 Å². The SMILES string of the molecule is COc1ccc(C(OCCNCP(=O)(O)O)(c2ccccc2)c2ccccc2)cc1. The van der Waals surface area contributed by atoms with E-state index in [0.29, 0.717) is 6.54 Å². The van der Waals surface area contributed by atoms with Gasteiger partial charge in [0, 0.05) is 6.54 Å². The van der Waals surface area contributed by atoms with E-state index < -0.39 is 13.2 Å². The first kappa shape index (κ1) is 22.2. The maximum Gasteiger partial charge on any atom is 0.339 e. The van der Waals surface area contributed by atoms with Gasteiger partial charge in [-0.25, -0.2) is 0 Å². The van der Waals surface area contributed by atoms with Crippen LogP contribution in [-0.2, 0) is 14.9 Å². The van der Waals surface area contributed by atoms with Gasteiger partial charge in [-0.15, -0.1) is 0 Å². The fourth-order valence-corrected chi connectivity index (χ4v) is 3.87. The van der Waals surface area contributed by atoms with Crippen molar-refractivity contribution in [3.63, 3.8) is 0 Å². The monoisotopic (exact) mass is 427 g/mol. The molecule has 0 atom stereocenters. The van der Waals surface area contributed by atoms with Gasteiger partial charge in [-0.3, -0.25) is 4.57 Å². The van der Waals surface area contributed by atoms with Crippen molar-refractivity contribution >= 4 is 7.60 Å². The van der Waals surface area contributed by atoms with Gasteiger partial charge in [0.2, 0.25) is 0 Å². The molecule has 6 nitrogen and oxygen atoms in total. The zero-order chi connectivity index (χ0) is 21.5. The van der Waals surface area contributed by atoms with Crippen LogP contribution in [0.2, 0.25) is 0 Å². The molecule has 3 aromatic rings. The topological polar surface area (TPSA) is 88.0 Å². The zero-order valence-electron chi connectivity index (χ0n) is 16.8. The minimum atomic E-state index is -4.11. The van der Waals surface area contributed by atoms with E-state index in [1.165, 1.54) is 0 Å². The van der Waals surface area contributed by atoms with Crippen LogP contribution in [0.15, 0.2) is 84.9 Å². The quantitative estimate of drug-likeness (QED) is 0.260. The molecule has 30 heavy (non-hydrogen) atoms. The molecule has 0 fully saturated rings. The highest BCUT2D eigenvalue weighted by Gasteiger charge is 2.37. The van der Waals surface area contributed by atoms with Crippen molar-refractivity contribution < 1.29 is 23.8 Å². The first-order valence-electron chi connectivity index (χ1n) is 9.60. The van der Waals surface area contributed by atoms with E-state index in [1.807, 2.05) is 84.9 Å². The van der Waals surface area contributed by atoms with Crippen molar-refractivity contribution in [2.75, 3.05) is 26.5 Å². The van der Waals surface area contributed by atoms with E-state index in [2.05, 4.69) is 5.32 Å². The van der Waals surface area contributed by atoms with Gasteiger partial charge in [-0.2, -0.15) is 0 Å². The van der Waals surface area contributed by atoms with E-state index in [-0.39, 0.29) is 12.9 Å². The summed E-state index contributed by atoms with van der Waals surface area (Å²) in [6.07, 6.45) is -0.386. The normalized spacial score (nSPS) is 12.0. The van der Waals surface area contributed by atoms with Crippen LogP contribution >= 0.6 is 7.60 Å². The van der Waals surface area contributed by atoms with E-state index in [1.54, 1.807) is 7.11 Å². The van der Waals surface area contributed by atoms with E-state index in [4.69, 9.17) is 19.3 Å². The van der Waals surface area contributed by atoms with Crippen LogP contribution in [0.1, 0.15) is 16.7 Å². The Morgan fingerprint density at radius 3 is 1.80 bits per heavy atom. The maximum atomic E-state index is 11.1. The van der Waals surface area contributed by atoms with E-state index in [0.717, 1.165) is 22.4 Å². The summed E-state index contributed by atoms with van der Waals surface area (Å²) in [4.78, 5) is 18.1. The second kappa shape index (κ2) is 10.0. The van der Waals surface area contributed by atoms with Gasteiger partial charge in [0.05, 0.1) is 20.0 Å². The molecule has 0 saturated carbocycles. The lowest BCUT2D eigenvalue weighted by Crippen LogP contribution is -2.35. The average molecular weight is 427 g/mol. The molecule has 0 amide bonds. The predicted octanol–water partition coefficient (Wildman–Crippen LogP) is 3.73. The van der Waals surface area contributed by atoms with Crippen LogP contribution < -0.4 is 10.1 Å². The zero-order valence-corrected chi connectivity index (χ0v) is 17.7. The largest absolute Gasteiger partial charge is 0.497 e. The van der Waals surface area contributed by atoms with Crippen molar-refractivity contribution in [3.05, 3.63) is 102 Å².